The van der Waals surface area contributed by atoms with Crippen molar-refractivity contribution in [3.8, 4) is 5.75 Å². The number of thioether (sulfide) groups is 1. The Bertz CT molecular complexity index is 1300. The zero-order valence-electron chi connectivity index (χ0n) is 20.6. The van der Waals surface area contributed by atoms with Gasteiger partial charge in [0.1, 0.15) is 5.75 Å². The van der Waals surface area contributed by atoms with Crippen LogP contribution in [0.15, 0.2) is 82.6 Å². The van der Waals surface area contributed by atoms with Gasteiger partial charge in [-0.05, 0) is 72.7 Å². The second kappa shape index (κ2) is 10.6. The molecule has 0 saturated carbocycles. The van der Waals surface area contributed by atoms with Crippen LogP contribution in [0, 0.1) is 5.92 Å². The Kier molecular flexibility index (Phi) is 7.14. The second-order valence-corrected chi connectivity index (χ2v) is 10.4. The van der Waals surface area contributed by atoms with Crippen molar-refractivity contribution in [1.29, 1.82) is 0 Å². The van der Waals surface area contributed by atoms with E-state index in [4.69, 9.17) is 4.74 Å². The minimum absolute atomic E-state index is 0.0412. The highest BCUT2D eigenvalue weighted by Gasteiger charge is 2.29. The van der Waals surface area contributed by atoms with Crippen molar-refractivity contribution in [3.63, 3.8) is 0 Å². The molecule has 5 rings (SSSR count). The zero-order chi connectivity index (χ0) is 25.1. The minimum atomic E-state index is -0.0818. The molecule has 2 aliphatic rings. The van der Waals surface area contributed by atoms with E-state index < -0.39 is 0 Å². The van der Waals surface area contributed by atoms with Gasteiger partial charge in [-0.3, -0.25) is 9.59 Å². The molecular formula is C30H30N2O3S. The molecule has 1 fully saturated rings. The van der Waals surface area contributed by atoms with E-state index in [0.717, 1.165) is 54.2 Å². The third-order valence-corrected chi connectivity index (χ3v) is 8.04. The van der Waals surface area contributed by atoms with E-state index in [-0.39, 0.29) is 11.8 Å². The van der Waals surface area contributed by atoms with Crippen LogP contribution in [0.1, 0.15) is 34.3 Å². The number of fused-ring (bicyclic) bond motifs is 1. The van der Waals surface area contributed by atoms with Gasteiger partial charge in [-0.1, -0.05) is 54.2 Å². The quantitative estimate of drug-likeness (QED) is 0.411. The largest absolute Gasteiger partial charge is 0.497 e. The van der Waals surface area contributed by atoms with Crippen molar-refractivity contribution in [3.05, 3.63) is 94.4 Å². The molecular weight excluding hydrogens is 468 g/mol. The first kappa shape index (κ1) is 24.2. The number of likely N-dealkylation sites (N-methyl/N-ethyl adjacent to an activating group) is 1. The maximum absolute atomic E-state index is 13.3. The van der Waals surface area contributed by atoms with Gasteiger partial charge in [-0.15, -0.1) is 0 Å². The number of nitrogens with zero attached hydrogens (tertiary/aromatic N) is 2. The van der Waals surface area contributed by atoms with Gasteiger partial charge in [0, 0.05) is 30.6 Å². The van der Waals surface area contributed by atoms with Crippen molar-refractivity contribution in [2.24, 2.45) is 5.92 Å². The van der Waals surface area contributed by atoms with E-state index in [9.17, 15) is 9.59 Å². The molecule has 2 amide bonds. The Morgan fingerprint density at radius 2 is 1.81 bits per heavy atom. The van der Waals surface area contributed by atoms with Crippen molar-refractivity contribution in [2.75, 3.05) is 32.1 Å². The number of hydrogen-bond acceptors (Lipinski definition) is 4. The fourth-order valence-electron chi connectivity index (χ4n) is 4.88. The molecule has 0 radical (unpaired) electrons. The number of carbonyl (C=O) groups excluding carboxylic acids is 2. The van der Waals surface area contributed by atoms with Gasteiger partial charge in [0.2, 0.25) is 0 Å². The number of piperidine rings is 1. The summed E-state index contributed by atoms with van der Waals surface area (Å²) in [5.41, 5.74) is 3.68. The van der Waals surface area contributed by atoms with Gasteiger partial charge >= 0.3 is 0 Å². The Labute approximate surface area is 216 Å². The number of benzene rings is 3. The van der Waals surface area contributed by atoms with Gasteiger partial charge in [-0.2, -0.15) is 0 Å². The van der Waals surface area contributed by atoms with E-state index in [2.05, 4.69) is 24.3 Å². The Hall–Kier alpha value is -3.51. The van der Waals surface area contributed by atoms with E-state index in [1.807, 2.05) is 59.5 Å². The molecule has 0 aromatic heterocycles. The lowest BCUT2D eigenvalue weighted by Gasteiger charge is -2.33. The van der Waals surface area contributed by atoms with E-state index in [0.29, 0.717) is 16.4 Å². The molecule has 1 saturated heterocycles. The number of amides is 2. The lowest BCUT2D eigenvalue weighted by molar-refractivity contribution is -0.114. The Balaban J connectivity index is 1.27. The highest BCUT2D eigenvalue weighted by Crippen LogP contribution is 2.42. The molecule has 0 unspecified atom stereocenters. The van der Waals surface area contributed by atoms with Crippen molar-refractivity contribution in [1.82, 2.24) is 4.90 Å². The highest BCUT2D eigenvalue weighted by molar-refractivity contribution is 8.04. The number of ether oxygens (including phenoxy) is 1. The van der Waals surface area contributed by atoms with Gasteiger partial charge < -0.3 is 14.5 Å². The Morgan fingerprint density at radius 3 is 2.56 bits per heavy atom. The summed E-state index contributed by atoms with van der Waals surface area (Å²) < 4.78 is 5.30. The minimum Gasteiger partial charge on any atom is -0.497 e. The summed E-state index contributed by atoms with van der Waals surface area (Å²) >= 11 is 1.44. The molecule has 184 valence electrons. The summed E-state index contributed by atoms with van der Waals surface area (Å²) in [5.74, 6) is 1.31. The SMILES string of the molecule is COc1cccc(C=C2Sc3ccc(C(=O)N4CCC(Cc5ccccc5)CC4)cc3N(C)C2=O)c1. The number of anilines is 1. The number of hydrogen-bond donors (Lipinski definition) is 0. The summed E-state index contributed by atoms with van der Waals surface area (Å²) in [6.45, 7) is 1.54. The number of carbonyl (C=O) groups is 2. The van der Waals surface area contributed by atoms with Gasteiger partial charge in [-0.25, -0.2) is 0 Å². The third-order valence-electron chi connectivity index (χ3n) is 6.96. The topological polar surface area (TPSA) is 49.9 Å². The average molecular weight is 499 g/mol. The second-order valence-electron chi connectivity index (χ2n) is 9.36. The molecule has 0 atom stereocenters. The van der Waals surface area contributed by atoms with Crippen LogP contribution in [-0.2, 0) is 11.2 Å². The van der Waals surface area contributed by atoms with E-state index >= 15 is 0 Å². The Morgan fingerprint density at radius 1 is 1.03 bits per heavy atom. The summed E-state index contributed by atoms with van der Waals surface area (Å²) in [5, 5.41) is 0. The maximum Gasteiger partial charge on any atom is 0.264 e. The summed E-state index contributed by atoms with van der Waals surface area (Å²) in [6, 6.07) is 23.9. The smallest absolute Gasteiger partial charge is 0.264 e. The lowest BCUT2D eigenvalue weighted by Crippen LogP contribution is -2.39. The lowest BCUT2D eigenvalue weighted by atomic mass is 9.90. The molecule has 0 aliphatic carbocycles. The number of likely N-dealkylation sites (tertiary alicyclic amines) is 1. The standard InChI is InChI=1S/C30H30N2O3S/c1-31-26-20-24(29(33)32-15-13-22(14-16-32)17-21-7-4-3-5-8-21)11-12-27(26)36-28(30(31)34)19-23-9-6-10-25(18-23)35-2/h3-12,18-20,22H,13-17H2,1-2H3. The van der Waals surface area contributed by atoms with Crippen LogP contribution in [0.25, 0.3) is 6.08 Å². The van der Waals surface area contributed by atoms with Crippen LogP contribution in [0.3, 0.4) is 0 Å². The highest BCUT2D eigenvalue weighted by atomic mass is 32.2. The molecule has 0 bridgehead atoms. The molecule has 0 N–H and O–H groups in total. The van der Waals surface area contributed by atoms with Crippen LogP contribution in [-0.4, -0.2) is 44.0 Å². The first-order valence-corrected chi connectivity index (χ1v) is 13.1. The fraction of sp³-hybridized carbons (Fsp3) is 0.267. The first-order valence-electron chi connectivity index (χ1n) is 12.3. The molecule has 5 nitrogen and oxygen atoms in total. The predicted octanol–water partition coefficient (Wildman–Crippen LogP) is 5.90. The molecule has 36 heavy (non-hydrogen) atoms. The van der Waals surface area contributed by atoms with Crippen LogP contribution in [0.2, 0.25) is 0 Å². The first-order chi connectivity index (χ1) is 17.5. The molecule has 0 spiro atoms. The van der Waals surface area contributed by atoms with Gasteiger partial charge in [0.05, 0.1) is 17.7 Å². The monoisotopic (exact) mass is 498 g/mol. The van der Waals surface area contributed by atoms with Crippen LogP contribution >= 0.6 is 11.8 Å². The fourth-order valence-corrected chi connectivity index (χ4v) is 5.97. The van der Waals surface area contributed by atoms with Crippen LogP contribution in [0.4, 0.5) is 5.69 Å². The van der Waals surface area contributed by atoms with Crippen LogP contribution in [0.5, 0.6) is 5.75 Å². The number of methoxy groups -OCH3 is 1. The van der Waals surface area contributed by atoms with Crippen molar-refractivity contribution < 1.29 is 14.3 Å². The predicted molar refractivity (Wildman–Crippen MR) is 145 cm³/mol. The molecule has 2 heterocycles. The average Bonchev–Trinajstić information content (AvgIpc) is 2.92. The summed E-state index contributed by atoms with van der Waals surface area (Å²) in [6.07, 6.45) is 4.97. The molecule has 6 heteroatoms. The normalized spacial score (nSPS) is 17.3. The third kappa shape index (κ3) is 5.19. The van der Waals surface area contributed by atoms with Crippen molar-refractivity contribution >= 4 is 35.3 Å². The maximum atomic E-state index is 13.3. The van der Waals surface area contributed by atoms with E-state index in [1.54, 1.807) is 19.1 Å². The van der Waals surface area contributed by atoms with Crippen molar-refractivity contribution in [2.45, 2.75) is 24.2 Å². The molecule has 3 aromatic carbocycles. The summed E-state index contributed by atoms with van der Waals surface area (Å²) in [7, 11) is 3.40. The molecule has 2 aliphatic heterocycles. The van der Waals surface area contributed by atoms with Crippen LogP contribution < -0.4 is 9.64 Å². The zero-order valence-corrected chi connectivity index (χ0v) is 21.5. The number of rotatable bonds is 5. The molecule has 3 aromatic rings. The summed E-state index contributed by atoms with van der Waals surface area (Å²) in [4.78, 5) is 31.6. The van der Waals surface area contributed by atoms with Gasteiger partial charge in [0.25, 0.3) is 11.8 Å². The van der Waals surface area contributed by atoms with E-state index in [1.165, 1.54) is 17.3 Å². The van der Waals surface area contributed by atoms with Gasteiger partial charge in [0.15, 0.2) is 0 Å².